The van der Waals surface area contributed by atoms with Crippen molar-refractivity contribution in [1.29, 1.82) is 0 Å². The summed E-state index contributed by atoms with van der Waals surface area (Å²) in [7, 11) is 0. The van der Waals surface area contributed by atoms with Gasteiger partial charge in [-0.15, -0.1) is 0 Å². The Morgan fingerprint density at radius 1 is 1.41 bits per heavy atom. The van der Waals surface area contributed by atoms with Gasteiger partial charge < -0.3 is 10.1 Å². The largest absolute Gasteiger partial charge is 0.493 e. The first-order valence-corrected chi connectivity index (χ1v) is 8.30. The molecule has 5 nitrogen and oxygen atoms in total. The SMILES string of the molecule is CC1(c2nsc(NC(=O)C3CCOc4ccccc43)n2)CC1. The monoisotopic (exact) mass is 315 g/mol. The highest BCUT2D eigenvalue weighted by molar-refractivity contribution is 7.09. The number of para-hydroxylation sites is 1. The van der Waals surface area contributed by atoms with Crippen LogP contribution < -0.4 is 10.1 Å². The van der Waals surface area contributed by atoms with E-state index >= 15 is 0 Å². The van der Waals surface area contributed by atoms with Gasteiger partial charge in [-0.2, -0.15) is 4.37 Å². The highest BCUT2D eigenvalue weighted by Gasteiger charge is 2.43. The molecule has 1 unspecified atom stereocenters. The molecule has 2 aromatic rings. The molecule has 1 aromatic carbocycles. The summed E-state index contributed by atoms with van der Waals surface area (Å²) in [5, 5.41) is 3.52. The highest BCUT2D eigenvalue weighted by Crippen LogP contribution is 2.46. The van der Waals surface area contributed by atoms with Crippen LogP contribution in [-0.4, -0.2) is 21.9 Å². The number of carbonyl (C=O) groups is 1. The zero-order valence-corrected chi connectivity index (χ0v) is 13.2. The van der Waals surface area contributed by atoms with Gasteiger partial charge in [-0.25, -0.2) is 4.98 Å². The van der Waals surface area contributed by atoms with E-state index in [0.717, 1.165) is 30.0 Å². The lowest BCUT2D eigenvalue weighted by Gasteiger charge is -2.24. The van der Waals surface area contributed by atoms with Crippen LogP contribution in [0.2, 0.25) is 0 Å². The number of aromatic nitrogens is 2. The van der Waals surface area contributed by atoms with Gasteiger partial charge >= 0.3 is 0 Å². The second kappa shape index (κ2) is 5.05. The lowest BCUT2D eigenvalue weighted by Crippen LogP contribution is -2.26. The van der Waals surface area contributed by atoms with Gasteiger partial charge in [-0.05, 0) is 25.3 Å². The summed E-state index contributed by atoms with van der Waals surface area (Å²) in [6.07, 6.45) is 2.95. The van der Waals surface area contributed by atoms with E-state index in [1.54, 1.807) is 0 Å². The number of amides is 1. The van der Waals surface area contributed by atoms with Crippen LogP contribution in [0.1, 0.15) is 43.5 Å². The quantitative estimate of drug-likeness (QED) is 0.945. The number of fused-ring (bicyclic) bond motifs is 1. The maximum absolute atomic E-state index is 12.6. The number of ether oxygens (including phenoxy) is 1. The molecule has 114 valence electrons. The molecule has 1 aromatic heterocycles. The van der Waals surface area contributed by atoms with E-state index in [-0.39, 0.29) is 17.2 Å². The van der Waals surface area contributed by atoms with E-state index in [1.807, 2.05) is 24.3 Å². The Morgan fingerprint density at radius 2 is 2.23 bits per heavy atom. The zero-order valence-electron chi connectivity index (χ0n) is 12.3. The first kappa shape index (κ1) is 13.7. The van der Waals surface area contributed by atoms with Crippen LogP contribution in [0.4, 0.5) is 5.13 Å². The van der Waals surface area contributed by atoms with Crippen molar-refractivity contribution in [3.05, 3.63) is 35.7 Å². The third-order valence-electron chi connectivity index (χ3n) is 4.47. The van der Waals surface area contributed by atoms with Gasteiger partial charge in [0.15, 0.2) is 5.82 Å². The molecule has 6 heteroatoms. The minimum atomic E-state index is -0.186. The van der Waals surface area contributed by atoms with Crippen LogP contribution in [0.15, 0.2) is 24.3 Å². The van der Waals surface area contributed by atoms with Crippen molar-refractivity contribution >= 4 is 22.6 Å². The van der Waals surface area contributed by atoms with Crippen LogP contribution in [0.3, 0.4) is 0 Å². The van der Waals surface area contributed by atoms with Gasteiger partial charge in [0.25, 0.3) is 0 Å². The summed E-state index contributed by atoms with van der Waals surface area (Å²) >= 11 is 1.27. The molecule has 1 aliphatic heterocycles. The second-order valence-electron chi connectivity index (χ2n) is 6.20. The van der Waals surface area contributed by atoms with Crippen molar-refractivity contribution in [2.45, 2.75) is 37.5 Å². The van der Waals surface area contributed by atoms with Crippen molar-refractivity contribution in [2.24, 2.45) is 0 Å². The van der Waals surface area contributed by atoms with Gasteiger partial charge in [0.05, 0.1) is 12.5 Å². The van der Waals surface area contributed by atoms with Crippen molar-refractivity contribution < 1.29 is 9.53 Å². The van der Waals surface area contributed by atoms with Crippen molar-refractivity contribution in [1.82, 2.24) is 9.36 Å². The first-order chi connectivity index (χ1) is 10.7. The number of rotatable bonds is 3. The van der Waals surface area contributed by atoms with Gasteiger partial charge in [0.2, 0.25) is 11.0 Å². The Hall–Kier alpha value is -1.95. The third kappa shape index (κ3) is 2.37. The summed E-state index contributed by atoms with van der Waals surface area (Å²) in [6, 6.07) is 7.72. The minimum absolute atomic E-state index is 0.0283. The Labute approximate surface area is 132 Å². The normalized spacial score (nSPS) is 21.6. The molecule has 4 rings (SSSR count). The first-order valence-electron chi connectivity index (χ1n) is 7.52. The molecule has 0 saturated heterocycles. The standard InChI is InChI=1S/C16H17N3O2S/c1-16(7-8-16)14-18-15(22-19-14)17-13(20)11-6-9-21-12-5-3-2-4-10(11)12/h2-5,11H,6-9H2,1H3,(H,17,18,19,20). The molecule has 0 radical (unpaired) electrons. The summed E-state index contributed by atoms with van der Waals surface area (Å²) < 4.78 is 9.99. The van der Waals surface area contributed by atoms with Gasteiger partial charge in [0.1, 0.15) is 5.75 Å². The summed E-state index contributed by atoms with van der Waals surface area (Å²) in [5.74, 6) is 1.45. The number of nitrogens with zero attached hydrogens (tertiary/aromatic N) is 2. The molecule has 1 amide bonds. The lowest BCUT2D eigenvalue weighted by molar-refractivity contribution is -0.118. The van der Waals surface area contributed by atoms with E-state index in [9.17, 15) is 4.79 Å². The van der Waals surface area contributed by atoms with Gasteiger partial charge in [0, 0.05) is 22.5 Å². The topological polar surface area (TPSA) is 64.1 Å². The zero-order chi connectivity index (χ0) is 15.2. The summed E-state index contributed by atoms with van der Waals surface area (Å²) in [4.78, 5) is 17.1. The maximum atomic E-state index is 12.6. The number of carbonyl (C=O) groups excluding carboxylic acids is 1. The fraction of sp³-hybridized carbons (Fsp3) is 0.438. The molecular weight excluding hydrogens is 298 g/mol. The number of nitrogens with one attached hydrogen (secondary N) is 1. The van der Waals surface area contributed by atoms with Crippen molar-refractivity contribution in [2.75, 3.05) is 11.9 Å². The summed E-state index contributed by atoms with van der Waals surface area (Å²) in [5.41, 5.74) is 1.08. The van der Waals surface area contributed by atoms with E-state index < -0.39 is 0 Å². The van der Waals surface area contributed by atoms with Crippen LogP contribution >= 0.6 is 11.5 Å². The van der Waals surface area contributed by atoms with E-state index in [0.29, 0.717) is 18.2 Å². The predicted octanol–water partition coefficient (Wildman–Crippen LogP) is 3.09. The lowest BCUT2D eigenvalue weighted by atomic mass is 9.92. The van der Waals surface area contributed by atoms with Gasteiger partial charge in [-0.1, -0.05) is 25.1 Å². The van der Waals surface area contributed by atoms with Crippen molar-refractivity contribution in [3.63, 3.8) is 0 Å². The highest BCUT2D eigenvalue weighted by atomic mass is 32.1. The third-order valence-corrected chi connectivity index (χ3v) is 5.10. The van der Waals surface area contributed by atoms with E-state index in [1.165, 1.54) is 11.5 Å². The average Bonchev–Trinajstić information content (AvgIpc) is 3.10. The Bertz CT molecular complexity index is 724. The molecule has 1 fully saturated rings. The molecule has 1 saturated carbocycles. The molecule has 1 aliphatic carbocycles. The predicted molar refractivity (Wildman–Crippen MR) is 84.4 cm³/mol. The van der Waals surface area contributed by atoms with Crippen LogP contribution in [0.5, 0.6) is 5.75 Å². The molecule has 22 heavy (non-hydrogen) atoms. The average molecular weight is 315 g/mol. The smallest absolute Gasteiger partial charge is 0.234 e. The van der Waals surface area contributed by atoms with Crippen LogP contribution in [0.25, 0.3) is 0 Å². The minimum Gasteiger partial charge on any atom is -0.493 e. The van der Waals surface area contributed by atoms with E-state index in [2.05, 4.69) is 21.6 Å². The van der Waals surface area contributed by atoms with Gasteiger partial charge in [-0.3, -0.25) is 4.79 Å². The van der Waals surface area contributed by atoms with Crippen molar-refractivity contribution in [3.8, 4) is 5.75 Å². The molecule has 1 N–H and O–H groups in total. The van der Waals surface area contributed by atoms with Crippen LogP contribution in [-0.2, 0) is 10.2 Å². The Kier molecular flexibility index (Phi) is 3.14. The molecule has 1 atom stereocenters. The molecule has 0 bridgehead atoms. The molecule has 2 aliphatic rings. The molecule has 0 spiro atoms. The molecular formula is C16H17N3O2S. The second-order valence-corrected chi connectivity index (χ2v) is 6.95. The maximum Gasteiger partial charge on any atom is 0.234 e. The fourth-order valence-electron chi connectivity index (χ4n) is 2.74. The number of benzene rings is 1. The Morgan fingerprint density at radius 3 is 3.05 bits per heavy atom. The fourth-order valence-corrected chi connectivity index (χ4v) is 3.45. The van der Waals surface area contributed by atoms with Crippen LogP contribution in [0, 0.1) is 0 Å². The number of hydrogen-bond acceptors (Lipinski definition) is 5. The summed E-state index contributed by atoms with van der Waals surface area (Å²) in [6.45, 7) is 2.73. The van der Waals surface area contributed by atoms with E-state index in [4.69, 9.17) is 4.74 Å². The molecule has 2 heterocycles. The number of hydrogen-bond donors (Lipinski definition) is 1. The number of anilines is 1. The Balaban J connectivity index is 1.52.